The van der Waals surface area contributed by atoms with Crippen LogP contribution in [0.3, 0.4) is 0 Å². The molecule has 0 saturated carbocycles. The first-order valence-electron chi connectivity index (χ1n) is 12.4. The normalized spacial score (nSPS) is 11.2. The van der Waals surface area contributed by atoms with E-state index in [1.165, 1.54) is 13.3 Å². The minimum atomic E-state index is -1.08. The zero-order chi connectivity index (χ0) is 29.1. The van der Waals surface area contributed by atoms with Crippen LogP contribution in [0, 0.1) is 6.92 Å². The molecule has 1 unspecified atom stereocenters. The second-order valence-electron chi connectivity index (χ2n) is 8.90. The molecule has 1 aromatic heterocycles. The van der Waals surface area contributed by atoms with E-state index in [-0.39, 0.29) is 31.7 Å². The van der Waals surface area contributed by atoms with Crippen LogP contribution in [0.4, 0.5) is 22.0 Å². The number of ether oxygens (including phenoxy) is 1. The molecule has 0 spiro atoms. The van der Waals surface area contributed by atoms with E-state index in [0.29, 0.717) is 34.1 Å². The summed E-state index contributed by atoms with van der Waals surface area (Å²) in [5, 5.41) is 20.2. The Morgan fingerprint density at radius 2 is 1.77 bits per heavy atom. The molecule has 2 aromatic carbocycles. The van der Waals surface area contributed by atoms with E-state index >= 15 is 0 Å². The Bertz CT molecular complexity index is 1360. The number of para-hydroxylation sites is 1. The lowest BCUT2D eigenvalue weighted by Crippen LogP contribution is -2.34. The van der Waals surface area contributed by atoms with E-state index in [1.807, 2.05) is 25.1 Å². The summed E-state index contributed by atoms with van der Waals surface area (Å²) in [4.78, 5) is 52.0. The van der Waals surface area contributed by atoms with Crippen molar-refractivity contribution in [2.75, 3.05) is 36.1 Å². The number of nitrogens with one attached hydrogen (secondary N) is 4. The van der Waals surface area contributed by atoms with Gasteiger partial charge in [0.05, 0.1) is 38.3 Å². The number of urea groups is 1. The summed E-state index contributed by atoms with van der Waals surface area (Å²) < 4.78 is 5.41. The van der Waals surface area contributed by atoms with E-state index in [2.05, 4.69) is 26.3 Å². The number of amides is 3. The van der Waals surface area contributed by atoms with Gasteiger partial charge >= 0.3 is 12.0 Å². The number of aryl methyl sites for hydroxylation is 1. The van der Waals surface area contributed by atoms with Gasteiger partial charge in [0, 0.05) is 18.3 Å². The van der Waals surface area contributed by atoms with Gasteiger partial charge in [0.15, 0.2) is 5.78 Å². The maximum atomic E-state index is 12.6. The Kier molecular flexibility index (Phi) is 10.5. The summed E-state index contributed by atoms with van der Waals surface area (Å²) >= 11 is 0. The molecule has 12 heteroatoms. The number of methoxy groups -OCH3 is 1. The molecule has 0 fully saturated rings. The molecule has 0 bridgehead atoms. The lowest BCUT2D eigenvalue weighted by atomic mass is 10.1. The highest BCUT2D eigenvalue weighted by molar-refractivity contribution is 6.01. The van der Waals surface area contributed by atoms with Crippen LogP contribution in [-0.4, -0.2) is 54.0 Å². The SMILES string of the molecule is COc1cc(CC(=O)CNc2ccc(C(CC(=O)O)NC(=O)CN)cn2)ccc1NC(=O)Nc1ccccc1C. The number of nitrogens with two attached hydrogens (primary N) is 1. The Labute approximate surface area is 231 Å². The minimum Gasteiger partial charge on any atom is -0.495 e. The van der Waals surface area contributed by atoms with E-state index in [0.717, 1.165) is 5.56 Å². The summed E-state index contributed by atoms with van der Waals surface area (Å²) in [6, 6.07) is 14.5. The number of hydrogen-bond donors (Lipinski definition) is 6. The number of hydrogen-bond acceptors (Lipinski definition) is 8. The van der Waals surface area contributed by atoms with Crippen LogP contribution in [0.2, 0.25) is 0 Å². The molecule has 7 N–H and O–H groups in total. The third kappa shape index (κ3) is 8.81. The number of pyridine rings is 1. The highest BCUT2D eigenvalue weighted by Crippen LogP contribution is 2.26. The van der Waals surface area contributed by atoms with Crippen molar-refractivity contribution in [2.24, 2.45) is 5.73 Å². The van der Waals surface area contributed by atoms with Crippen molar-refractivity contribution in [3.8, 4) is 5.75 Å². The number of nitrogens with zero attached hydrogens (tertiary/aromatic N) is 1. The van der Waals surface area contributed by atoms with Gasteiger partial charge in [-0.05, 0) is 47.9 Å². The molecule has 12 nitrogen and oxygen atoms in total. The van der Waals surface area contributed by atoms with Crippen molar-refractivity contribution in [1.82, 2.24) is 10.3 Å². The third-order valence-electron chi connectivity index (χ3n) is 5.86. The van der Waals surface area contributed by atoms with Crippen LogP contribution in [0.15, 0.2) is 60.8 Å². The van der Waals surface area contributed by atoms with Gasteiger partial charge in [-0.25, -0.2) is 9.78 Å². The second kappa shape index (κ2) is 14.3. The topological polar surface area (TPSA) is 185 Å². The zero-order valence-electron chi connectivity index (χ0n) is 22.2. The Hall–Kier alpha value is -4.97. The van der Waals surface area contributed by atoms with E-state index in [9.17, 15) is 19.2 Å². The average Bonchev–Trinajstić information content (AvgIpc) is 2.93. The van der Waals surface area contributed by atoms with Gasteiger partial charge < -0.3 is 36.8 Å². The Morgan fingerprint density at radius 1 is 1.02 bits per heavy atom. The van der Waals surface area contributed by atoms with E-state index in [1.54, 1.807) is 36.4 Å². The summed E-state index contributed by atoms with van der Waals surface area (Å²) in [6.45, 7) is 1.63. The van der Waals surface area contributed by atoms with Gasteiger partial charge in [0.1, 0.15) is 11.6 Å². The molecule has 210 valence electrons. The Morgan fingerprint density at radius 3 is 2.42 bits per heavy atom. The molecule has 1 atom stereocenters. The van der Waals surface area contributed by atoms with Crippen LogP contribution >= 0.6 is 0 Å². The summed E-state index contributed by atoms with van der Waals surface area (Å²) in [7, 11) is 1.48. The number of carboxylic acids is 1. The number of aromatic nitrogens is 1. The fourth-order valence-electron chi connectivity index (χ4n) is 3.81. The van der Waals surface area contributed by atoms with Crippen LogP contribution in [-0.2, 0) is 20.8 Å². The number of benzene rings is 2. The minimum absolute atomic E-state index is 0.00401. The number of carbonyl (C=O) groups excluding carboxylic acids is 3. The van der Waals surface area contributed by atoms with Crippen molar-refractivity contribution in [3.63, 3.8) is 0 Å². The Balaban J connectivity index is 1.55. The first-order chi connectivity index (χ1) is 19.2. The first kappa shape index (κ1) is 29.6. The maximum Gasteiger partial charge on any atom is 0.323 e. The number of Topliss-reactive ketones (excluding diaryl/α,β-unsaturated/α-hetero) is 1. The summed E-state index contributed by atoms with van der Waals surface area (Å²) in [6.07, 6.45) is 1.22. The molecule has 0 aliphatic heterocycles. The summed E-state index contributed by atoms with van der Waals surface area (Å²) in [5.41, 5.74) is 8.57. The number of ketones is 1. The van der Waals surface area contributed by atoms with Crippen LogP contribution < -0.4 is 31.7 Å². The first-order valence-corrected chi connectivity index (χ1v) is 12.4. The predicted molar refractivity (Wildman–Crippen MR) is 150 cm³/mol. The van der Waals surface area contributed by atoms with Gasteiger partial charge in [0.25, 0.3) is 0 Å². The summed E-state index contributed by atoms with van der Waals surface area (Å²) in [5.74, 6) is -0.864. The molecular weight excluding hydrogens is 516 g/mol. The van der Waals surface area contributed by atoms with E-state index in [4.69, 9.17) is 15.6 Å². The van der Waals surface area contributed by atoms with Crippen LogP contribution in [0.1, 0.15) is 29.2 Å². The highest BCUT2D eigenvalue weighted by Gasteiger charge is 2.18. The van der Waals surface area contributed by atoms with Gasteiger partial charge in [0.2, 0.25) is 5.91 Å². The van der Waals surface area contributed by atoms with E-state index < -0.39 is 23.9 Å². The van der Waals surface area contributed by atoms with Crippen molar-refractivity contribution in [2.45, 2.75) is 25.8 Å². The fraction of sp³-hybridized carbons (Fsp3) is 0.250. The van der Waals surface area contributed by atoms with Crippen molar-refractivity contribution >= 4 is 40.9 Å². The molecule has 3 rings (SSSR count). The largest absolute Gasteiger partial charge is 0.495 e. The molecule has 0 saturated heterocycles. The zero-order valence-corrected chi connectivity index (χ0v) is 22.2. The van der Waals surface area contributed by atoms with Crippen LogP contribution in [0.5, 0.6) is 5.75 Å². The lowest BCUT2D eigenvalue weighted by molar-refractivity contribution is -0.137. The smallest absolute Gasteiger partial charge is 0.323 e. The van der Waals surface area contributed by atoms with Gasteiger partial charge in [-0.2, -0.15) is 0 Å². The highest BCUT2D eigenvalue weighted by atomic mass is 16.5. The van der Waals surface area contributed by atoms with Crippen LogP contribution in [0.25, 0.3) is 0 Å². The van der Waals surface area contributed by atoms with Gasteiger partial charge in [-0.1, -0.05) is 30.3 Å². The molecule has 0 aliphatic carbocycles. The molecule has 3 amide bonds. The standard InChI is InChI=1S/C28H32N6O6/c1-17-5-3-4-6-21(17)33-28(39)34-22-9-7-18(12-24(22)40-2)11-20(35)16-31-25-10-8-19(15-30-25)23(13-27(37)38)32-26(36)14-29/h3-10,12,15,23H,11,13-14,16,29H2,1-2H3,(H,30,31)(H,32,36)(H,37,38)(H2,33,34,39). The van der Waals surface area contributed by atoms with Crippen molar-refractivity contribution in [3.05, 3.63) is 77.5 Å². The average molecular weight is 549 g/mol. The predicted octanol–water partition coefficient (Wildman–Crippen LogP) is 2.86. The molecule has 1 heterocycles. The van der Waals surface area contributed by atoms with Gasteiger partial charge in [-0.15, -0.1) is 0 Å². The molecule has 0 radical (unpaired) electrons. The number of anilines is 3. The quantitative estimate of drug-likeness (QED) is 0.187. The van der Waals surface area contributed by atoms with Crippen molar-refractivity contribution < 1.29 is 29.0 Å². The lowest BCUT2D eigenvalue weighted by Gasteiger charge is -2.17. The monoisotopic (exact) mass is 548 g/mol. The fourth-order valence-corrected chi connectivity index (χ4v) is 3.81. The third-order valence-corrected chi connectivity index (χ3v) is 5.86. The molecular formula is C28H32N6O6. The van der Waals surface area contributed by atoms with Crippen molar-refractivity contribution in [1.29, 1.82) is 0 Å². The number of carboxylic acid groups (broad SMARTS) is 1. The van der Waals surface area contributed by atoms with Gasteiger partial charge in [-0.3, -0.25) is 14.4 Å². The maximum absolute atomic E-state index is 12.6. The molecule has 40 heavy (non-hydrogen) atoms. The number of aliphatic carboxylic acids is 1. The molecule has 3 aromatic rings. The number of carbonyl (C=O) groups is 4. The molecule has 0 aliphatic rings. The number of rotatable bonds is 13. The second-order valence-corrected chi connectivity index (χ2v) is 8.90.